The van der Waals surface area contributed by atoms with E-state index in [1.54, 1.807) is 28.1 Å². The van der Waals surface area contributed by atoms with Crippen molar-refractivity contribution in [2.75, 3.05) is 21.1 Å². The highest BCUT2D eigenvalue weighted by Crippen LogP contribution is 2.29. The zero-order valence-corrected chi connectivity index (χ0v) is 8.65. The molecular formula is C8H20NO4+. The predicted molar refractivity (Wildman–Crippen MR) is 47.3 cm³/mol. The molecule has 0 aromatic carbocycles. The number of aliphatic hydroxyl groups is 4. The Morgan fingerprint density at radius 2 is 1.38 bits per heavy atom. The number of hydrogen-bond acceptors (Lipinski definition) is 4. The van der Waals surface area contributed by atoms with Crippen LogP contribution in [0.5, 0.6) is 0 Å². The largest absolute Gasteiger partial charge is 0.362 e. The topological polar surface area (TPSA) is 80.9 Å². The van der Waals surface area contributed by atoms with Crippen LogP contribution in [-0.2, 0) is 0 Å². The highest BCUT2D eigenvalue weighted by Gasteiger charge is 2.57. The first-order chi connectivity index (χ1) is 5.56. The zero-order valence-electron chi connectivity index (χ0n) is 8.65. The molecule has 5 nitrogen and oxygen atoms in total. The molecule has 0 radical (unpaired) electrons. The number of likely N-dealkylation sites (N-methyl/N-ethyl adjacent to an activating group) is 1. The molecule has 0 spiro atoms. The maximum Gasteiger partial charge on any atom is 0.362 e. The highest BCUT2D eigenvalue weighted by molar-refractivity contribution is 4.74. The monoisotopic (exact) mass is 194 g/mol. The summed E-state index contributed by atoms with van der Waals surface area (Å²) in [7, 11) is 4.73. The fraction of sp³-hybridized carbons (Fsp3) is 1.00. The van der Waals surface area contributed by atoms with Gasteiger partial charge in [0.05, 0.1) is 21.1 Å². The van der Waals surface area contributed by atoms with Gasteiger partial charge < -0.3 is 20.4 Å². The van der Waals surface area contributed by atoms with E-state index >= 15 is 0 Å². The molecule has 13 heavy (non-hydrogen) atoms. The van der Waals surface area contributed by atoms with E-state index in [1.807, 2.05) is 0 Å². The smallest absolute Gasteiger partial charge is 0.336 e. The Balaban J connectivity index is 4.96. The molecule has 0 fully saturated rings. The molecular weight excluding hydrogens is 174 g/mol. The summed E-state index contributed by atoms with van der Waals surface area (Å²) in [6.45, 7) is 1.78. The van der Waals surface area contributed by atoms with E-state index in [9.17, 15) is 5.11 Å². The maximum atomic E-state index is 9.91. The van der Waals surface area contributed by atoms with Crippen LogP contribution in [0.2, 0.25) is 0 Å². The minimum atomic E-state index is -3.08. The Labute approximate surface area is 78.4 Å². The summed E-state index contributed by atoms with van der Waals surface area (Å²) in [4.78, 5) is 0. The van der Waals surface area contributed by atoms with Crippen molar-refractivity contribution in [2.24, 2.45) is 0 Å². The summed E-state index contributed by atoms with van der Waals surface area (Å²) >= 11 is 0. The summed E-state index contributed by atoms with van der Waals surface area (Å²) in [5.74, 6) is -3.08. The fourth-order valence-electron chi connectivity index (χ4n) is 1.30. The van der Waals surface area contributed by atoms with Crippen molar-refractivity contribution in [3.8, 4) is 0 Å². The van der Waals surface area contributed by atoms with E-state index in [-0.39, 0.29) is 10.9 Å². The van der Waals surface area contributed by atoms with Crippen LogP contribution in [-0.4, -0.2) is 57.8 Å². The van der Waals surface area contributed by atoms with Crippen molar-refractivity contribution < 1.29 is 24.9 Å². The van der Waals surface area contributed by atoms with Crippen LogP contribution in [0.3, 0.4) is 0 Å². The molecule has 0 aliphatic rings. The third-order valence-corrected chi connectivity index (χ3v) is 2.25. The minimum Gasteiger partial charge on any atom is -0.336 e. The average molecular weight is 194 g/mol. The van der Waals surface area contributed by atoms with E-state index in [0.29, 0.717) is 6.42 Å². The van der Waals surface area contributed by atoms with E-state index in [2.05, 4.69) is 0 Å². The molecule has 0 aromatic rings. The van der Waals surface area contributed by atoms with Gasteiger partial charge in [0, 0.05) is 6.42 Å². The molecule has 0 aromatic heterocycles. The van der Waals surface area contributed by atoms with Gasteiger partial charge in [-0.2, -0.15) is 0 Å². The molecule has 0 aliphatic carbocycles. The Kier molecular flexibility index (Phi) is 3.46. The van der Waals surface area contributed by atoms with Gasteiger partial charge in [0.15, 0.2) is 0 Å². The molecule has 5 heteroatoms. The molecule has 80 valence electrons. The molecule has 1 unspecified atom stereocenters. The quantitative estimate of drug-likeness (QED) is 0.335. The predicted octanol–water partition coefficient (Wildman–Crippen LogP) is -1.19. The zero-order chi connectivity index (χ0) is 10.9. The highest BCUT2D eigenvalue weighted by atomic mass is 16.7. The Bertz CT molecular complexity index is 154. The summed E-state index contributed by atoms with van der Waals surface area (Å²) < 4.78 is -0.148. The van der Waals surface area contributed by atoms with Gasteiger partial charge in [0.1, 0.15) is 0 Å². The maximum absolute atomic E-state index is 9.91. The van der Waals surface area contributed by atoms with Crippen molar-refractivity contribution in [2.45, 2.75) is 31.5 Å². The first-order valence-electron chi connectivity index (χ1n) is 4.27. The Morgan fingerprint density at radius 1 is 1.00 bits per heavy atom. The van der Waals surface area contributed by atoms with Crippen LogP contribution in [0.15, 0.2) is 0 Å². The van der Waals surface area contributed by atoms with Gasteiger partial charge in [-0.1, -0.05) is 6.92 Å². The molecule has 0 amide bonds. The van der Waals surface area contributed by atoms with Crippen LogP contribution >= 0.6 is 0 Å². The lowest BCUT2D eigenvalue weighted by atomic mass is 10.0. The van der Waals surface area contributed by atoms with Crippen molar-refractivity contribution in [1.29, 1.82) is 0 Å². The van der Waals surface area contributed by atoms with Crippen molar-refractivity contribution >= 4 is 0 Å². The molecule has 1 atom stereocenters. The van der Waals surface area contributed by atoms with Crippen LogP contribution in [0.1, 0.15) is 19.8 Å². The van der Waals surface area contributed by atoms with Crippen molar-refractivity contribution in [3.63, 3.8) is 0 Å². The third-order valence-electron chi connectivity index (χ3n) is 2.25. The van der Waals surface area contributed by atoms with Gasteiger partial charge in [0.2, 0.25) is 0 Å². The number of quaternary nitrogens is 1. The molecule has 4 N–H and O–H groups in total. The first-order valence-corrected chi connectivity index (χ1v) is 4.27. The molecule has 0 saturated carbocycles. The summed E-state index contributed by atoms with van der Waals surface area (Å²) in [5, 5.41) is 37.1. The van der Waals surface area contributed by atoms with Gasteiger partial charge in [0.25, 0.3) is 5.72 Å². The van der Waals surface area contributed by atoms with Crippen LogP contribution in [0.25, 0.3) is 0 Å². The van der Waals surface area contributed by atoms with Gasteiger partial charge in [-0.05, 0) is 6.42 Å². The lowest BCUT2D eigenvalue weighted by Crippen LogP contribution is -2.70. The van der Waals surface area contributed by atoms with Gasteiger partial charge in [-0.15, -0.1) is 0 Å². The summed E-state index contributed by atoms with van der Waals surface area (Å²) in [6, 6.07) is 0. The second-order valence-corrected chi connectivity index (χ2v) is 4.21. The lowest BCUT2D eigenvalue weighted by molar-refractivity contribution is -0.971. The van der Waals surface area contributed by atoms with Crippen molar-refractivity contribution in [1.82, 2.24) is 0 Å². The Hall–Kier alpha value is -0.200. The van der Waals surface area contributed by atoms with E-state index in [1.165, 1.54) is 0 Å². The molecule has 0 heterocycles. The fourth-order valence-corrected chi connectivity index (χ4v) is 1.30. The number of rotatable bonds is 4. The van der Waals surface area contributed by atoms with Crippen molar-refractivity contribution in [3.05, 3.63) is 0 Å². The van der Waals surface area contributed by atoms with Gasteiger partial charge in [-0.3, -0.25) is 4.48 Å². The van der Waals surface area contributed by atoms with Crippen LogP contribution in [0.4, 0.5) is 0 Å². The normalized spacial score (nSPS) is 18.5. The lowest BCUT2D eigenvalue weighted by Gasteiger charge is -2.45. The first kappa shape index (κ1) is 12.8. The molecule has 0 saturated heterocycles. The summed E-state index contributed by atoms with van der Waals surface area (Å²) in [6.07, 6.45) is 0.634. The van der Waals surface area contributed by atoms with Gasteiger partial charge >= 0.3 is 5.97 Å². The third kappa shape index (κ3) is 2.38. The molecule has 0 aliphatic heterocycles. The van der Waals surface area contributed by atoms with E-state index < -0.39 is 11.7 Å². The summed E-state index contributed by atoms with van der Waals surface area (Å²) in [5.41, 5.74) is -1.97. The number of hydrogen-bond donors (Lipinski definition) is 4. The standard InChI is InChI=1S/C8H20NO4/c1-5-6-7(10,8(11,12)13)9(2,3)4/h10-13H,5-6H2,1-4H3/q+1. The SMILES string of the molecule is CCCC(O)(C(O)(O)O)[N+](C)(C)C. The average Bonchev–Trinajstić information content (AvgIpc) is 1.82. The second-order valence-electron chi connectivity index (χ2n) is 4.21. The van der Waals surface area contributed by atoms with E-state index in [4.69, 9.17) is 15.3 Å². The Morgan fingerprint density at radius 3 is 1.46 bits per heavy atom. The van der Waals surface area contributed by atoms with Crippen LogP contribution in [0, 0.1) is 0 Å². The van der Waals surface area contributed by atoms with Gasteiger partial charge in [-0.25, -0.2) is 0 Å². The molecule has 0 bridgehead atoms. The molecule has 0 rings (SSSR count). The second kappa shape index (κ2) is 3.51. The minimum absolute atomic E-state index is 0.0972. The number of nitrogens with zero attached hydrogens (tertiary/aromatic N) is 1. The van der Waals surface area contributed by atoms with Crippen LogP contribution < -0.4 is 0 Å². The van der Waals surface area contributed by atoms with E-state index in [0.717, 1.165) is 0 Å².